The van der Waals surface area contributed by atoms with E-state index in [1.165, 1.54) is 121 Å². The highest BCUT2D eigenvalue weighted by Crippen LogP contribution is 2.47. The summed E-state index contributed by atoms with van der Waals surface area (Å²) >= 11 is 16.9. The van der Waals surface area contributed by atoms with Crippen molar-refractivity contribution in [3.63, 3.8) is 0 Å². The van der Waals surface area contributed by atoms with E-state index in [1.54, 1.807) is 5.56 Å². The van der Waals surface area contributed by atoms with Gasteiger partial charge in [-0.2, -0.15) is 0 Å². The summed E-state index contributed by atoms with van der Waals surface area (Å²) in [5.74, 6) is 5.09. The van der Waals surface area contributed by atoms with E-state index in [1.807, 2.05) is 0 Å². The van der Waals surface area contributed by atoms with E-state index >= 15 is 0 Å². The number of aryl methyl sites for hydroxylation is 1. The second-order valence-electron chi connectivity index (χ2n) is 13.8. The Labute approximate surface area is 281 Å². The number of hydrogen-bond donors (Lipinski definition) is 0. The lowest BCUT2D eigenvalue weighted by Gasteiger charge is -2.41. The fraction of sp³-hybridized carbons (Fsp3) is 0.833. The van der Waals surface area contributed by atoms with Gasteiger partial charge in [-0.25, -0.2) is 0 Å². The Bertz CT molecular complexity index is 816. The summed E-state index contributed by atoms with van der Waals surface area (Å²) in [4.78, 5) is 2.50. The highest BCUT2D eigenvalue weighted by atomic mass is 79.9. The molecule has 0 bridgehead atoms. The lowest BCUT2D eigenvalue weighted by atomic mass is 9.72. The average Bonchev–Trinajstić information content (AvgIpc) is 3.01. The number of halogens is 4. The molecule has 3 aliphatic rings. The van der Waals surface area contributed by atoms with Gasteiger partial charge in [0.25, 0.3) is 0 Å². The van der Waals surface area contributed by atoms with Gasteiger partial charge < -0.3 is 0 Å². The summed E-state index contributed by atoms with van der Waals surface area (Å²) in [6, 6.07) is 9.69. The smallest absolute Gasteiger partial charge is 0.0302 e. The topological polar surface area (TPSA) is 0 Å². The Balaban J connectivity index is 1.17. The molecule has 40 heavy (non-hydrogen) atoms. The summed E-state index contributed by atoms with van der Waals surface area (Å²) in [7, 11) is 0. The number of alkyl halides is 4. The third-order valence-corrected chi connectivity index (χ3v) is 17.8. The molecule has 3 aliphatic carbocycles. The van der Waals surface area contributed by atoms with Crippen LogP contribution in [0.3, 0.4) is 0 Å². The normalized spacial score (nSPS) is 32.8. The minimum absolute atomic E-state index is 0.609. The molecule has 0 saturated heterocycles. The van der Waals surface area contributed by atoms with Crippen molar-refractivity contribution in [2.45, 2.75) is 155 Å². The van der Waals surface area contributed by atoms with Crippen molar-refractivity contribution in [3.8, 4) is 0 Å². The van der Waals surface area contributed by atoms with Gasteiger partial charge in [-0.1, -0.05) is 140 Å². The van der Waals surface area contributed by atoms with E-state index in [-0.39, 0.29) is 0 Å². The lowest BCUT2D eigenvalue weighted by Crippen LogP contribution is -2.38. The van der Waals surface area contributed by atoms with Crippen LogP contribution in [0.1, 0.15) is 140 Å². The zero-order chi connectivity index (χ0) is 28.5. The predicted molar refractivity (Wildman–Crippen MR) is 191 cm³/mol. The van der Waals surface area contributed by atoms with Gasteiger partial charge in [0.2, 0.25) is 0 Å². The van der Waals surface area contributed by atoms with Crippen molar-refractivity contribution in [1.82, 2.24) is 0 Å². The van der Waals surface area contributed by atoms with E-state index in [2.05, 4.69) is 102 Å². The van der Waals surface area contributed by atoms with Crippen LogP contribution in [0.2, 0.25) is 0 Å². The van der Waals surface area contributed by atoms with Crippen molar-refractivity contribution in [3.05, 3.63) is 35.4 Å². The molecule has 4 unspecified atom stereocenters. The largest absolute Gasteiger partial charge is 0.0875 e. The lowest BCUT2D eigenvalue weighted by molar-refractivity contribution is 0.219. The molecule has 1 aromatic carbocycles. The number of rotatable bonds is 13. The number of benzene rings is 1. The van der Waals surface area contributed by atoms with Crippen molar-refractivity contribution < 1.29 is 0 Å². The molecule has 0 heterocycles. The third kappa shape index (κ3) is 9.57. The maximum Gasteiger partial charge on any atom is 0.0302 e. The SMILES string of the molecule is CCCCCc1ccc([C@H]2CC[C@H](C(Br)C(Br)[C@H]3CC[C@H](C(Br)C(Br)[C@H]4CC[C@H](CCC)CC4)CC3)CC2)cc1. The first-order valence-electron chi connectivity index (χ1n) is 17.1. The molecule has 0 aliphatic heterocycles. The molecule has 0 spiro atoms. The van der Waals surface area contributed by atoms with Gasteiger partial charge in [0, 0.05) is 19.3 Å². The molecule has 0 nitrogen and oxygen atoms in total. The van der Waals surface area contributed by atoms with Crippen LogP contribution in [0.5, 0.6) is 0 Å². The van der Waals surface area contributed by atoms with Crippen molar-refractivity contribution in [1.29, 1.82) is 0 Å². The molecule has 1 aromatic rings. The first-order chi connectivity index (χ1) is 19.4. The number of unbranched alkanes of at least 4 members (excludes halogenated alkanes) is 2. The van der Waals surface area contributed by atoms with E-state index < -0.39 is 0 Å². The third-order valence-electron chi connectivity index (χ3n) is 11.1. The van der Waals surface area contributed by atoms with Gasteiger partial charge in [-0.15, -0.1) is 0 Å². The monoisotopic (exact) mass is 804 g/mol. The van der Waals surface area contributed by atoms with Gasteiger partial charge in [-0.05, 0) is 124 Å². The molecule has 0 aromatic heterocycles. The minimum Gasteiger partial charge on any atom is -0.0875 e. The average molecular weight is 808 g/mol. The Morgan fingerprint density at radius 3 is 1.40 bits per heavy atom. The van der Waals surface area contributed by atoms with Crippen molar-refractivity contribution in [2.24, 2.45) is 29.6 Å². The summed E-state index contributed by atoms with van der Waals surface area (Å²) in [5.41, 5.74) is 3.11. The second kappa shape index (κ2) is 17.6. The van der Waals surface area contributed by atoms with E-state index in [0.29, 0.717) is 19.3 Å². The maximum atomic E-state index is 4.23. The molecule has 0 radical (unpaired) electrons. The number of hydrogen-bond acceptors (Lipinski definition) is 0. The van der Waals surface area contributed by atoms with E-state index in [4.69, 9.17) is 0 Å². The zero-order valence-corrected chi connectivity index (χ0v) is 31.7. The van der Waals surface area contributed by atoms with E-state index in [0.717, 1.165) is 35.5 Å². The highest BCUT2D eigenvalue weighted by Gasteiger charge is 2.39. The summed E-state index contributed by atoms with van der Waals surface area (Å²) in [6.45, 7) is 4.64. The molecule has 4 rings (SSSR count). The quantitative estimate of drug-likeness (QED) is 0.138. The maximum absolute atomic E-state index is 4.23. The zero-order valence-electron chi connectivity index (χ0n) is 25.3. The minimum atomic E-state index is 0.609. The van der Waals surface area contributed by atoms with Crippen LogP contribution < -0.4 is 0 Å². The Morgan fingerprint density at radius 1 is 0.550 bits per heavy atom. The first kappa shape index (κ1) is 34.0. The van der Waals surface area contributed by atoms with Crippen molar-refractivity contribution in [2.75, 3.05) is 0 Å². The Kier molecular flexibility index (Phi) is 15.0. The van der Waals surface area contributed by atoms with Crippen LogP contribution in [0.4, 0.5) is 0 Å². The van der Waals surface area contributed by atoms with Crippen molar-refractivity contribution >= 4 is 63.7 Å². The fourth-order valence-electron chi connectivity index (χ4n) is 8.33. The van der Waals surface area contributed by atoms with Crippen LogP contribution in [0, 0.1) is 29.6 Å². The summed E-state index contributed by atoms with van der Waals surface area (Å²) in [5, 5.41) is 0. The molecule has 3 saturated carbocycles. The standard InChI is InChI=1S/C36H56Br4/c1-3-5-6-8-26-9-13-27(14-10-26)28-17-19-30(20-18-28)34(38)36(40)32-23-21-31(22-24-32)35(39)33(37)29-15-11-25(7-4-2)12-16-29/h9-10,13-14,25,28-36H,3-8,11-12,15-24H2,1-2H3/t25-,28-,29-,30-,31-,32-,33?,34?,35?,36?. The van der Waals surface area contributed by atoms with Gasteiger partial charge in [0.1, 0.15) is 0 Å². The fourth-order valence-corrected chi connectivity index (χ4v) is 12.2. The highest BCUT2D eigenvalue weighted by molar-refractivity contribution is 9.12. The molecular weight excluding hydrogens is 752 g/mol. The second-order valence-corrected chi connectivity index (χ2v) is 18.1. The molecule has 3 fully saturated rings. The van der Waals surface area contributed by atoms with Crippen LogP contribution in [-0.2, 0) is 6.42 Å². The van der Waals surface area contributed by atoms with Gasteiger partial charge in [0.05, 0.1) is 0 Å². The molecule has 0 amide bonds. The molecule has 4 heteroatoms. The molecule has 4 atom stereocenters. The van der Waals surface area contributed by atoms with Crippen LogP contribution >= 0.6 is 63.7 Å². The Hall–Kier alpha value is 1.14. The van der Waals surface area contributed by atoms with Gasteiger partial charge in [0.15, 0.2) is 0 Å². The first-order valence-corrected chi connectivity index (χ1v) is 20.7. The van der Waals surface area contributed by atoms with Gasteiger partial charge >= 0.3 is 0 Å². The van der Waals surface area contributed by atoms with Gasteiger partial charge in [-0.3, -0.25) is 0 Å². The summed E-state index contributed by atoms with van der Waals surface area (Å²) in [6.07, 6.45) is 24.8. The van der Waals surface area contributed by atoms with Crippen LogP contribution in [0.25, 0.3) is 0 Å². The van der Waals surface area contributed by atoms with E-state index in [9.17, 15) is 0 Å². The molecular formula is C36H56Br4. The Morgan fingerprint density at radius 2 is 0.975 bits per heavy atom. The van der Waals surface area contributed by atoms with Crippen LogP contribution in [-0.4, -0.2) is 19.3 Å². The molecule has 228 valence electrons. The molecule has 0 N–H and O–H groups in total. The summed E-state index contributed by atoms with van der Waals surface area (Å²) < 4.78 is 0. The predicted octanol–water partition coefficient (Wildman–Crippen LogP) is 13.2. The van der Waals surface area contributed by atoms with Crippen LogP contribution in [0.15, 0.2) is 24.3 Å².